The van der Waals surface area contributed by atoms with Crippen LogP contribution in [0.3, 0.4) is 0 Å². The monoisotopic (exact) mass is 404 g/mol. The average Bonchev–Trinajstić information content (AvgIpc) is 3.24. The number of pyridine rings is 1. The molecule has 1 fully saturated rings. The lowest BCUT2D eigenvalue weighted by atomic mass is 10.2. The fourth-order valence-corrected chi connectivity index (χ4v) is 3.46. The van der Waals surface area contributed by atoms with Crippen LogP contribution in [0.15, 0.2) is 41.0 Å². The number of hydrogen-bond donors (Lipinski definition) is 0. The summed E-state index contributed by atoms with van der Waals surface area (Å²) in [4.78, 5) is 18.7. The molecule has 0 aliphatic carbocycles. The molecule has 1 amide bonds. The standard InChI is InChI=1S/C16H13BrN4O2S/c17-11-2-4-15(18-8-11)23-12-5-6-21(9-12)16(22)10-1-3-13-14(7-10)20-24-19-13/h1-4,7-8,12H,5-6,9H2/t12-/m0/s1. The SMILES string of the molecule is O=C(c1ccc2nsnc2c1)N1CC[C@H](Oc2ccc(Br)cn2)C1. The van der Waals surface area contributed by atoms with E-state index in [2.05, 4.69) is 29.7 Å². The second kappa shape index (κ2) is 6.45. The Morgan fingerprint density at radius 2 is 2.12 bits per heavy atom. The third-order valence-electron chi connectivity index (χ3n) is 3.92. The molecule has 6 nitrogen and oxygen atoms in total. The van der Waals surface area contributed by atoms with E-state index in [0.717, 1.165) is 33.7 Å². The maximum absolute atomic E-state index is 12.7. The highest BCUT2D eigenvalue weighted by molar-refractivity contribution is 9.10. The highest BCUT2D eigenvalue weighted by Gasteiger charge is 2.28. The Kier molecular flexibility index (Phi) is 4.15. The molecule has 1 aliphatic heterocycles. The van der Waals surface area contributed by atoms with E-state index in [4.69, 9.17) is 4.74 Å². The molecule has 0 spiro atoms. The second-order valence-corrected chi connectivity index (χ2v) is 7.01. The van der Waals surface area contributed by atoms with Gasteiger partial charge in [-0.2, -0.15) is 8.75 Å². The first-order chi connectivity index (χ1) is 11.7. The Bertz CT molecular complexity index is 883. The Morgan fingerprint density at radius 3 is 2.96 bits per heavy atom. The highest BCUT2D eigenvalue weighted by atomic mass is 79.9. The summed E-state index contributed by atoms with van der Waals surface area (Å²) < 4.78 is 15.1. The van der Waals surface area contributed by atoms with Gasteiger partial charge in [0.05, 0.1) is 18.3 Å². The predicted octanol–water partition coefficient (Wildman–Crippen LogP) is 3.14. The first kappa shape index (κ1) is 15.5. The Morgan fingerprint density at radius 1 is 1.25 bits per heavy atom. The largest absolute Gasteiger partial charge is 0.472 e. The van der Waals surface area contributed by atoms with E-state index in [1.807, 2.05) is 23.1 Å². The molecule has 0 unspecified atom stereocenters. The van der Waals surface area contributed by atoms with E-state index in [9.17, 15) is 4.79 Å². The lowest BCUT2D eigenvalue weighted by Crippen LogP contribution is -2.31. The molecular formula is C16H13BrN4O2S. The third kappa shape index (κ3) is 3.11. The van der Waals surface area contributed by atoms with Crippen molar-refractivity contribution in [1.29, 1.82) is 0 Å². The van der Waals surface area contributed by atoms with Gasteiger partial charge in [-0.05, 0) is 40.2 Å². The van der Waals surface area contributed by atoms with Crippen molar-refractivity contribution in [2.45, 2.75) is 12.5 Å². The zero-order valence-electron chi connectivity index (χ0n) is 12.6. The van der Waals surface area contributed by atoms with Gasteiger partial charge in [0.25, 0.3) is 5.91 Å². The summed E-state index contributed by atoms with van der Waals surface area (Å²) in [5.74, 6) is 0.576. The van der Waals surface area contributed by atoms with Crippen LogP contribution in [0, 0.1) is 0 Å². The maximum atomic E-state index is 12.7. The molecule has 0 radical (unpaired) electrons. The van der Waals surface area contributed by atoms with Gasteiger partial charge < -0.3 is 9.64 Å². The molecule has 3 heterocycles. The number of carbonyl (C=O) groups is 1. The van der Waals surface area contributed by atoms with Crippen LogP contribution in [0.4, 0.5) is 0 Å². The van der Waals surface area contributed by atoms with Crippen molar-refractivity contribution < 1.29 is 9.53 Å². The number of ether oxygens (including phenoxy) is 1. The lowest BCUT2D eigenvalue weighted by Gasteiger charge is -2.17. The van der Waals surface area contributed by atoms with E-state index in [1.54, 1.807) is 18.3 Å². The van der Waals surface area contributed by atoms with Gasteiger partial charge in [-0.25, -0.2) is 4.98 Å². The van der Waals surface area contributed by atoms with Crippen LogP contribution < -0.4 is 4.74 Å². The number of rotatable bonds is 3. The minimum absolute atomic E-state index is 0.000217. The molecule has 1 aromatic carbocycles. The summed E-state index contributed by atoms with van der Waals surface area (Å²) in [6.45, 7) is 1.23. The number of benzene rings is 1. The molecule has 1 saturated heterocycles. The van der Waals surface area contributed by atoms with Crippen molar-refractivity contribution >= 4 is 44.6 Å². The molecule has 122 valence electrons. The zero-order valence-corrected chi connectivity index (χ0v) is 15.0. The van der Waals surface area contributed by atoms with Crippen molar-refractivity contribution in [2.75, 3.05) is 13.1 Å². The van der Waals surface area contributed by atoms with E-state index >= 15 is 0 Å². The molecule has 24 heavy (non-hydrogen) atoms. The fourth-order valence-electron chi connectivity index (χ4n) is 2.71. The maximum Gasteiger partial charge on any atom is 0.254 e. The first-order valence-electron chi connectivity index (χ1n) is 7.49. The highest BCUT2D eigenvalue weighted by Crippen LogP contribution is 2.21. The number of nitrogens with zero attached hydrogens (tertiary/aromatic N) is 4. The second-order valence-electron chi connectivity index (χ2n) is 5.56. The number of halogens is 1. The Hall–Kier alpha value is -2.06. The summed E-state index contributed by atoms with van der Waals surface area (Å²) in [6, 6.07) is 9.14. The van der Waals surface area contributed by atoms with Gasteiger partial charge in [0.15, 0.2) is 0 Å². The van der Waals surface area contributed by atoms with Gasteiger partial charge in [0.1, 0.15) is 17.1 Å². The first-order valence-corrected chi connectivity index (χ1v) is 9.01. The molecule has 8 heteroatoms. The molecule has 0 saturated carbocycles. The van der Waals surface area contributed by atoms with E-state index in [0.29, 0.717) is 24.5 Å². The quantitative estimate of drug-likeness (QED) is 0.670. The fraction of sp³-hybridized carbons (Fsp3) is 0.250. The summed E-state index contributed by atoms with van der Waals surface area (Å²) >= 11 is 4.50. The number of hydrogen-bond acceptors (Lipinski definition) is 6. The average molecular weight is 405 g/mol. The summed E-state index contributed by atoms with van der Waals surface area (Å²) in [5, 5.41) is 0. The molecule has 0 N–H and O–H groups in total. The normalized spacial score (nSPS) is 17.4. The van der Waals surface area contributed by atoms with Gasteiger partial charge in [-0.1, -0.05) is 0 Å². The van der Waals surface area contributed by atoms with Crippen LogP contribution in [0.1, 0.15) is 16.8 Å². The van der Waals surface area contributed by atoms with Crippen molar-refractivity contribution in [1.82, 2.24) is 18.6 Å². The van der Waals surface area contributed by atoms with Gasteiger partial charge in [0.2, 0.25) is 5.88 Å². The van der Waals surface area contributed by atoms with Crippen LogP contribution in [0.5, 0.6) is 5.88 Å². The van der Waals surface area contributed by atoms with Crippen molar-refractivity contribution in [3.8, 4) is 5.88 Å². The van der Waals surface area contributed by atoms with Crippen LogP contribution in [0.2, 0.25) is 0 Å². The molecule has 1 atom stereocenters. The Balaban J connectivity index is 1.43. The van der Waals surface area contributed by atoms with E-state index in [1.165, 1.54) is 0 Å². The minimum Gasteiger partial charge on any atom is -0.472 e. The summed E-state index contributed by atoms with van der Waals surface area (Å²) in [5.41, 5.74) is 2.22. The number of amides is 1. The summed E-state index contributed by atoms with van der Waals surface area (Å²) in [6.07, 6.45) is 2.46. The molecule has 3 aromatic rings. The summed E-state index contributed by atoms with van der Waals surface area (Å²) in [7, 11) is 0. The van der Waals surface area contributed by atoms with Crippen LogP contribution in [-0.2, 0) is 0 Å². The van der Waals surface area contributed by atoms with E-state index in [-0.39, 0.29) is 12.0 Å². The smallest absolute Gasteiger partial charge is 0.254 e. The topological polar surface area (TPSA) is 68.2 Å². The lowest BCUT2D eigenvalue weighted by molar-refractivity contribution is 0.0771. The van der Waals surface area contributed by atoms with Crippen molar-refractivity contribution in [3.63, 3.8) is 0 Å². The molecule has 1 aliphatic rings. The van der Waals surface area contributed by atoms with Crippen LogP contribution in [-0.4, -0.2) is 43.7 Å². The van der Waals surface area contributed by atoms with Crippen molar-refractivity contribution in [2.24, 2.45) is 0 Å². The zero-order chi connectivity index (χ0) is 16.5. The molecular weight excluding hydrogens is 392 g/mol. The van der Waals surface area contributed by atoms with Crippen LogP contribution in [0.25, 0.3) is 11.0 Å². The van der Waals surface area contributed by atoms with Crippen LogP contribution >= 0.6 is 27.7 Å². The van der Waals surface area contributed by atoms with Gasteiger partial charge >= 0.3 is 0 Å². The Labute approximate surface area is 150 Å². The van der Waals surface area contributed by atoms with Crippen molar-refractivity contribution in [3.05, 3.63) is 46.6 Å². The third-order valence-corrected chi connectivity index (χ3v) is 4.95. The predicted molar refractivity (Wildman–Crippen MR) is 94.3 cm³/mol. The number of carbonyl (C=O) groups excluding carboxylic acids is 1. The minimum atomic E-state index is -0.0349. The number of aromatic nitrogens is 3. The van der Waals surface area contributed by atoms with Gasteiger partial charge in [0, 0.05) is 35.3 Å². The van der Waals surface area contributed by atoms with Gasteiger partial charge in [-0.15, -0.1) is 0 Å². The molecule has 4 rings (SSSR count). The van der Waals surface area contributed by atoms with Gasteiger partial charge in [-0.3, -0.25) is 4.79 Å². The number of fused-ring (bicyclic) bond motifs is 1. The number of likely N-dealkylation sites (tertiary alicyclic amines) is 1. The molecule has 0 bridgehead atoms. The van der Waals surface area contributed by atoms with E-state index < -0.39 is 0 Å². The molecule has 2 aromatic heterocycles.